The quantitative estimate of drug-likeness (QED) is 0.862. The molecule has 0 aliphatic carbocycles. The smallest absolute Gasteiger partial charge is 0.255 e. The van der Waals surface area contributed by atoms with Gasteiger partial charge in [0.15, 0.2) is 0 Å². The van der Waals surface area contributed by atoms with Gasteiger partial charge in [0.05, 0.1) is 17.0 Å². The second-order valence-electron chi connectivity index (χ2n) is 4.35. The van der Waals surface area contributed by atoms with E-state index in [1.807, 2.05) is 37.3 Å². The maximum atomic E-state index is 12.2. The first-order valence-corrected chi connectivity index (χ1v) is 6.60. The fourth-order valence-corrected chi connectivity index (χ4v) is 2.04. The normalized spacial score (nSPS) is 11.4. The van der Waals surface area contributed by atoms with Crippen molar-refractivity contribution in [2.24, 2.45) is 0 Å². The number of halogens is 1. The highest BCUT2D eigenvalue weighted by Gasteiger charge is 2.11. The Bertz CT molecular complexity index is 657. The minimum Gasteiger partial charge on any atom is -0.322 e. The molecule has 0 aromatic heterocycles. The van der Waals surface area contributed by atoms with Crippen molar-refractivity contribution in [3.8, 4) is 6.07 Å². The molecule has 0 aliphatic heterocycles. The van der Waals surface area contributed by atoms with E-state index in [4.69, 9.17) is 16.9 Å². The number of anilines is 1. The Kier molecular flexibility index (Phi) is 4.39. The van der Waals surface area contributed by atoms with Gasteiger partial charge in [-0.1, -0.05) is 18.2 Å². The summed E-state index contributed by atoms with van der Waals surface area (Å²) in [6.07, 6.45) is 0. The second-order valence-corrected chi connectivity index (χ2v) is 5.00. The predicted octanol–water partition coefficient (Wildman–Crippen LogP) is 4.11. The van der Waals surface area contributed by atoms with Crippen molar-refractivity contribution in [3.05, 3.63) is 65.2 Å². The SMILES string of the molecule is CC(Cl)c1ccccc1NC(=O)c1ccc(C#N)cc1. The van der Waals surface area contributed by atoms with Gasteiger partial charge in [0.1, 0.15) is 0 Å². The zero-order chi connectivity index (χ0) is 14.5. The molecule has 1 atom stereocenters. The third kappa shape index (κ3) is 3.17. The Balaban J connectivity index is 2.21. The highest BCUT2D eigenvalue weighted by molar-refractivity contribution is 6.21. The molecular formula is C16H13ClN2O. The lowest BCUT2D eigenvalue weighted by atomic mass is 10.1. The number of para-hydroxylation sites is 1. The van der Waals surface area contributed by atoms with Crippen LogP contribution in [0.2, 0.25) is 0 Å². The number of nitrogens with one attached hydrogen (secondary N) is 1. The summed E-state index contributed by atoms with van der Waals surface area (Å²) in [6.45, 7) is 1.86. The molecule has 4 heteroatoms. The van der Waals surface area contributed by atoms with Crippen LogP contribution < -0.4 is 5.32 Å². The van der Waals surface area contributed by atoms with E-state index in [0.29, 0.717) is 16.8 Å². The van der Waals surface area contributed by atoms with Gasteiger partial charge in [-0.05, 0) is 42.8 Å². The molecule has 3 nitrogen and oxygen atoms in total. The number of carbonyl (C=O) groups is 1. The van der Waals surface area contributed by atoms with Crippen LogP contribution >= 0.6 is 11.6 Å². The Labute approximate surface area is 122 Å². The van der Waals surface area contributed by atoms with Crippen LogP contribution in [0.5, 0.6) is 0 Å². The van der Waals surface area contributed by atoms with E-state index in [1.54, 1.807) is 24.3 Å². The van der Waals surface area contributed by atoms with Gasteiger partial charge in [-0.2, -0.15) is 5.26 Å². The van der Waals surface area contributed by atoms with Crippen LogP contribution in [-0.2, 0) is 0 Å². The van der Waals surface area contributed by atoms with Crippen LogP contribution in [-0.4, -0.2) is 5.91 Å². The molecule has 2 aromatic carbocycles. The summed E-state index contributed by atoms with van der Waals surface area (Å²) in [4.78, 5) is 12.2. The number of carbonyl (C=O) groups excluding carboxylic acids is 1. The van der Waals surface area contributed by atoms with Gasteiger partial charge in [0.2, 0.25) is 0 Å². The summed E-state index contributed by atoms with van der Waals surface area (Å²) >= 11 is 6.09. The average molecular weight is 285 g/mol. The molecule has 100 valence electrons. The van der Waals surface area contributed by atoms with Crippen LogP contribution in [0.25, 0.3) is 0 Å². The molecular weight excluding hydrogens is 272 g/mol. The van der Waals surface area contributed by atoms with Crippen molar-refractivity contribution in [1.82, 2.24) is 0 Å². The molecule has 1 unspecified atom stereocenters. The summed E-state index contributed by atoms with van der Waals surface area (Å²) in [5, 5.41) is 11.4. The van der Waals surface area contributed by atoms with Crippen molar-refractivity contribution in [2.75, 3.05) is 5.32 Å². The number of rotatable bonds is 3. The molecule has 0 spiro atoms. The van der Waals surface area contributed by atoms with Crippen molar-refractivity contribution >= 4 is 23.2 Å². The topological polar surface area (TPSA) is 52.9 Å². The zero-order valence-electron chi connectivity index (χ0n) is 10.9. The first kappa shape index (κ1) is 14.1. The van der Waals surface area contributed by atoms with Gasteiger partial charge in [-0.15, -0.1) is 11.6 Å². The number of benzene rings is 2. The molecule has 0 saturated carbocycles. The number of amides is 1. The van der Waals surface area contributed by atoms with Gasteiger partial charge >= 0.3 is 0 Å². The van der Waals surface area contributed by atoms with E-state index in [-0.39, 0.29) is 11.3 Å². The summed E-state index contributed by atoms with van der Waals surface area (Å²) < 4.78 is 0. The van der Waals surface area contributed by atoms with E-state index in [1.165, 1.54) is 0 Å². The van der Waals surface area contributed by atoms with Crippen LogP contribution in [0, 0.1) is 11.3 Å². The summed E-state index contributed by atoms with van der Waals surface area (Å²) in [7, 11) is 0. The Morgan fingerprint density at radius 2 is 1.85 bits per heavy atom. The molecule has 20 heavy (non-hydrogen) atoms. The Morgan fingerprint density at radius 3 is 2.45 bits per heavy atom. The largest absolute Gasteiger partial charge is 0.322 e. The highest BCUT2D eigenvalue weighted by Crippen LogP contribution is 2.27. The van der Waals surface area contributed by atoms with Gasteiger partial charge < -0.3 is 5.32 Å². The molecule has 1 N–H and O–H groups in total. The van der Waals surface area contributed by atoms with Crippen LogP contribution in [0.1, 0.15) is 33.8 Å². The van der Waals surface area contributed by atoms with Gasteiger partial charge in [-0.25, -0.2) is 0 Å². The van der Waals surface area contributed by atoms with Gasteiger partial charge in [0.25, 0.3) is 5.91 Å². The van der Waals surface area contributed by atoms with E-state index < -0.39 is 0 Å². The predicted molar refractivity (Wildman–Crippen MR) is 79.8 cm³/mol. The molecule has 0 saturated heterocycles. The molecule has 2 aromatic rings. The number of nitrogens with zero attached hydrogens (tertiary/aromatic N) is 1. The maximum Gasteiger partial charge on any atom is 0.255 e. The van der Waals surface area contributed by atoms with E-state index in [9.17, 15) is 4.79 Å². The number of hydrogen-bond acceptors (Lipinski definition) is 2. The fraction of sp³-hybridized carbons (Fsp3) is 0.125. The van der Waals surface area contributed by atoms with Crippen LogP contribution in [0.3, 0.4) is 0 Å². The van der Waals surface area contributed by atoms with E-state index in [0.717, 1.165) is 5.56 Å². The Morgan fingerprint density at radius 1 is 1.20 bits per heavy atom. The highest BCUT2D eigenvalue weighted by atomic mass is 35.5. The van der Waals surface area contributed by atoms with Gasteiger partial charge in [0, 0.05) is 11.3 Å². The average Bonchev–Trinajstić information content (AvgIpc) is 2.47. The maximum absolute atomic E-state index is 12.2. The van der Waals surface area contributed by atoms with Crippen LogP contribution in [0.15, 0.2) is 48.5 Å². The zero-order valence-corrected chi connectivity index (χ0v) is 11.7. The monoisotopic (exact) mass is 284 g/mol. The second kappa shape index (κ2) is 6.23. The minimum atomic E-state index is -0.223. The first-order chi connectivity index (χ1) is 9.61. The fourth-order valence-electron chi connectivity index (χ4n) is 1.85. The van der Waals surface area contributed by atoms with Crippen molar-refractivity contribution in [3.63, 3.8) is 0 Å². The van der Waals surface area contributed by atoms with Crippen molar-refractivity contribution in [1.29, 1.82) is 5.26 Å². The van der Waals surface area contributed by atoms with E-state index >= 15 is 0 Å². The van der Waals surface area contributed by atoms with Crippen molar-refractivity contribution < 1.29 is 4.79 Å². The van der Waals surface area contributed by atoms with Gasteiger partial charge in [-0.3, -0.25) is 4.79 Å². The minimum absolute atomic E-state index is 0.188. The van der Waals surface area contributed by atoms with E-state index in [2.05, 4.69) is 5.32 Å². The molecule has 0 bridgehead atoms. The molecule has 2 rings (SSSR count). The summed E-state index contributed by atoms with van der Waals surface area (Å²) in [5.74, 6) is -0.223. The number of alkyl halides is 1. The number of nitriles is 1. The molecule has 0 heterocycles. The lowest BCUT2D eigenvalue weighted by Gasteiger charge is -2.12. The molecule has 0 aliphatic rings. The standard InChI is InChI=1S/C16H13ClN2O/c1-11(17)14-4-2-3-5-15(14)19-16(20)13-8-6-12(10-18)7-9-13/h2-9,11H,1H3,(H,19,20). The third-order valence-corrected chi connectivity index (χ3v) is 3.15. The van der Waals surface area contributed by atoms with Crippen molar-refractivity contribution in [2.45, 2.75) is 12.3 Å². The molecule has 0 radical (unpaired) electrons. The van der Waals surface area contributed by atoms with Crippen LogP contribution in [0.4, 0.5) is 5.69 Å². The lowest BCUT2D eigenvalue weighted by molar-refractivity contribution is 0.102. The molecule has 1 amide bonds. The molecule has 0 fully saturated rings. The first-order valence-electron chi connectivity index (χ1n) is 6.16. The summed E-state index contributed by atoms with van der Waals surface area (Å²) in [5.41, 5.74) is 2.60. The third-order valence-electron chi connectivity index (χ3n) is 2.91. The summed E-state index contributed by atoms with van der Waals surface area (Å²) in [6, 6.07) is 15.9. The Hall–Kier alpha value is -2.31. The lowest BCUT2D eigenvalue weighted by Crippen LogP contribution is -2.13. The number of hydrogen-bond donors (Lipinski definition) is 1.